The highest BCUT2D eigenvalue weighted by atomic mass is 19.2. The summed E-state index contributed by atoms with van der Waals surface area (Å²) in [4.78, 5) is 0. The third-order valence-electron chi connectivity index (χ3n) is 3.64. The Labute approximate surface area is 141 Å². The monoisotopic (exact) mass is 345 g/mol. The van der Waals surface area contributed by atoms with E-state index in [9.17, 15) is 17.6 Å². The zero-order valence-electron chi connectivity index (χ0n) is 12.6. The number of hydrogen-bond donors (Lipinski definition) is 1. The van der Waals surface area contributed by atoms with Crippen LogP contribution in [0.25, 0.3) is 22.3 Å². The zero-order valence-corrected chi connectivity index (χ0v) is 12.6. The Bertz CT molecular complexity index is 890. The van der Waals surface area contributed by atoms with Gasteiger partial charge in [-0.1, -0.05) is 24.3 Å². The lowest BCUT2D eigenvalue weighted by Crippen LogP contribution is -1.99. The van der Waals surface area contributed by atoms with Gasteiger partial charge in [-0.05, 0) is 47.0 Å². The van der Waals surface area contributed by atoms with E-state index >= 15 is 0 Å². The van der Waals surface area contributed by atoms with Crippen molar-refractivity contribution in [2.45, 2.75) is 0 Å². The molecule has 2 nitrogen and oxygen atoms in total. The van der Waals surface area contributed by atoms with Crippen molar-refractivity contribution < 1.29 is 27.2 Å². The van der Waals surface area contributed by atoms with E-state index in [0.717, 1.165) is 12.1 Å². The predicted molar refractivity (Wildman–Crippen MR) is 85.7 cm³/mol. The van der Waals surface area contributed by atoms with E-state index in [0.29, 0.717) is 24.6 Å². The van der Waals surface area contributed by atoms with Crippen LogP contribution >= 0.6 is 0 Å². The van der Waals surface area contributed by atoms with Crippen LogP contribution in [0.1, 0.15) is 0 Å². The summed E-state index contributed by atoms with van der Waals surface area (Å²) < 4.78 is 58.9. The molecule has 0 bridgehead atoms. The van der Waals surface area contributed by atoms with Gasteiger partial charge in [-0.2, -0.15) is 0 Å². The van der Waals surface area contributed by atoms with Gasteiger partial charge in [0.25, 0.3) is 0 Å². The molecule has 0 saturated heterocycles. The van der Waals surface area contributed by atoms with Gasteiger partial charge in [0.2, 0.25) is 0 Å². The molecule has 3 aromatic rings. The SMILES string of the molecule is O[B]Oc1ccc(-c2ccc(-c3cc(F)c(F)c(F)c3)c(F)c2)cc1. The summed E-state index contributed by atoms with van der Waals surface area (Å²) in [7, 11) is 0.546. The van der Waals surface area contributed by atoms with E-state index in [1.54, 1.807) is 30.3 Å². The Hall–Kier alpha value is -2.80. The van der Waals surface area contributed by atoms with Crippen molar-refractivity contribution in [1.82, 2.24) is 0 Å². The fraction of sp³-hybridized carbons (Fsp3) is 0. The van der Waals surface area contributed by atoms with Gasteiger partial charge in [-0.3, -0.25) is 0 Å². The van der Waals surface area contributed by atoms with Gasteiger partial charge < -0.3 is 9.68 Å². The molecule has 0 heterocycles. The Morgan fingerprint density at radius 3 is 1.80 bits per heavy atom. The van der Waals surface area contributed by atoms with Gasteiger partial charge in [0.1, 0.15) is 11.6 Å². The molecule has 3 aromatic carbocycles. The molecular weight excluding hydrogens is 335 g/mol. The smallest absolute Gasteiger partial charge is 0.537 e. The van der Waals surface area contributed by atoms with Crippen molar-refractivity contribution in [2.75, 3.05) is 0 Å². The maximum atomic E-state index is 14.4. The second-order valence-electron chi connectivity index (χ2n) is 5.20. The summed E-state index contributed by atoms with van der Waals surface area (Å²) in [5.74, 6) is -4.65. The summed E-state index contributed by atoms with van der Waals surface area (Å²) in [6.45, 7) is 0. The minimum Gasteiger partial charge on any atom is -0.537 e. The predicted octanol–water partition coefficient (Wildman–Crippen LogP) is 4.48. The van der Waals surface area contributed by atoms with Crippen molar-refractivity contribution in [3.05, 3.63) is 77.9 Å². The number of hydrogen-bond acceptors (Lipinski definition) is 2. The summed E-state index contributed by atoms with van der Waals surface area (Å²) in [6, 6.07) is 12.1. The third-order valence-corrected chi connectivity index (χ3v) is 3.64. The molecule has 1 N–H and O–H groups in total. The zero-order chi connectivity index (χ0) is 18.0. The van der Waals surface area contributed by atoms with Crippen LogP contribution < -0.4 is 4.65 Å². The average molecular weight is 345 g/mol. The molecule has 0 spiro atoms. The molecule has 0 atom stereocenters. The first-order valence-corrected chi connectivity index (χ1v) is 7.17. The first kappa shape index (κ1) is 17.0. The van der Waals surface area contributed by atoms with Crippen LogP contribution in [0.5, 0.6) is 5.75 Å². The summed E-state index contributed by atoms with van der Waals surface area (Å²) in [6.07, 6.45) is 0. The Balaban J connectivity index is 1.96. The largest absolute Gasteiger partial charge is 0.569 e. The van der Waals surface area contributed by atoms with Gasteiger partial charge in [0.15, 0.2) is 17.5 Å². The molecule has 0 fully saturated rings. The molecule has 1 radical (unpaired) electrons. The Morgan fingerprint density at radius 2 is 1.24 bits per heavy atom. The third kappa shape index (κ3) is 3.51. The highest BCUT2D eigenvalue weighted by Gasteiger charge is 2.14. The topological polar surface area (TPSA) is 29.5 Å². The minimum atomic E-state index is -1.59. The fourth-order valence-electron chi connectivity index (χ4n) is 2.43. The lowest BCUT2D eigenvalue weighted by Gasteiger charge is -2.09. The van der Waals surface area contributed by atoms with Gasteiger partial charge in [-0.25, -0.2) is 17.6 Å². The highest BCUT2D eigenvalue weighted by molar-refractivity contribution is 6.17. The standard InChI is InChI=1S/C18H10BF4O2/c20-15-7-11(10-1-4-13(5-2-10)25-19-24)3-6-14(15)12-8-16(21)18(23)17(22)9-12/h1-9,24H. The van der Waals surface area contributed by atoms with Gasteiger partial charge >= 0.3 is 7.69 Å². The van der Waals surface area contributed by atoms with Crippen molar-refractivity contribution in [2.24, 2.45) is 0 Å². The van der Waals surface area contributed by atoms with Crippen LogP contribution in [0.15, 0.2) is 54.6 Å². The van der Waals surface area contributed by atoms with E-state index < -0.39 is 23.3 Å². The van der Waals surface area contributed by atoms with Gasteiger partial charge in [-0.15, -0.1) is 0 Å². The molecule has 0 amide bonds. The van der Waals surface area contributed by atoms with Crippen LogP contribution in [0, 0.1) is 23.3 Å². The van der Waals surface area contributed by atoms with Crippen molar-refractivity contribution in [3.8, 4) is 28.0 Å². The van der Waals surface area contributed by atoms with E-state index in [1.165, 1.54) is 12.1 Å². The quantitative estimate of drug-likeness (QED) is 0.429. The summed E-state index contributed by atoms with van der Waals surface area (Å²) in [5, 5.41) is 8.56. The molecule has 0 aliphatic heterocycles. The maximum Gasteiger partial charge on any atom is 0.569 e. The van der Waals surface area contributed by atoms with Crippen molar-refractivity contribution in [3.63, 3.8) is 0 Å². The van der Waals surface area contributed by atoms with Gasteiger partial charge in [0.05, 0.1) is 0 Å². The van der Waals surface area contributed by atoms with E-state index in [1.807, 2.05) is 0 Å². The van der Waals surface area contributed by atoms with Crippen LogP contribution in [0.3, 0.4) is 0 Å². The van der Waals surface area contributed by atoms with Crippen LogP contribution in [0.4, 0.5) is 17.6 Å². The number of benzene rings is 3. The summed E-state index contributed by atoms with van der Waals surface area (Å²) in [5.41, 5.74) is 1.06. The lowest BCUT2D eigenvalue weighted by molar-refractivity contribution is 0.447. The minimum absolute atomic E-state index is 0.0450. The van der Waals surface area contributed by atoms with Crippen molar-refractivity contribution >= 4 is 7.69 Å². The maximum absolute atomic E-state index is 14.4. The van der Waals surface area contributed by atoms with E-state index in [2.05, 4.69) is 0 Å². The molecule has 0 unspecified atom stereocenters. The lowest BCUT2D eigenvalue weighted by atomic mass is 9.99. The van der Waals surface area contributed by atoms with E-state index in [4.69, 9.17) is 9.68 Å². The van der Waals surface area contributed by atoms with Crippen LogP contribution in [0.2, 0.25) is 0 Å². The molecule has 125 valence electrons. The molecule has 7 heteroatoms. The molecular formula is C18H10BF4O2. The molecule has 0 saturated carbocycles. The molecule has 0 aliphatic rings. The first-order chi connectivity index (χ1) is 12.0. The Morgan fingerprint density at radius 1 is 0.680 bits per heavy atom. The Kier molecular flexibility index (Phi) is 4.76. The number of halogens is 4. The molecule has 3 rings (SSSR count). The molecule has 25 heavy (non-hydrogen) atoms. The second kappa shape index (κ2) is 6.98. The molecule has 0 aromatic heterocycles. The number of rotatable bonds is 4. The average Bonchev–Trinajstić information content (AvgIpc) is 2.60. The highest BCUT2D eigenvalue weighted by Crippen LogP contribution is 2.30. The van der Waals surface area contributed by atoms with Gasteiger partial charge in [0, 0.05) is 5.56 Å². The first-order valence-electron chi connectivity index (χ1n) is 7.17. The van der Waals surface area contributed by atoms with Crippen LogP contribution in [-0.2, 0) is 0 Å². The second-order valence-corrected chi connectivity index (χ2v) is 5.20. The van der Waals surface area contributed by atoms with Crippen LogP contribution in [-0.4, -0.2) is 12.7 Å². The fourth-order valence-corrected chi connectivity index (χ4v) is 2.43. The van der Waals surface area contributed by atoms with Crippen molar-refractivity contribution in [1.29, 1.82) is 0 Å². The van der Waals surface area contributed by atoms with E-state index in [-0.39, 0.29) is 11.1 Å². The molecule has 0 aliphatic carbocycles. The normalized spacial score (nSPS) is 10.6. The summed E-state index contributed by atoms with van der Waals surface area (Å²) >= 11 is 0.